The van der Waals surface area contributed by atoms with Crippen LogP contribution in [-0.4, -0.2) is 15.3 Å². The number of phenols is 1. The molecule has 1 N–H and O–H groups in total. The van der Waals surface area contributed by atoms with Gasteiger partial charge in [-0.3, -0.25) is 9.69 Å². The van der Waals surface area contributed by atoms with Gasteiger partial charge in [0, 0.05) is 9.13 Å². The fourth-order valence-electron chi connectivity index (χ4n) is 2.10. The van der Waals surface area contributed by atoms with E-state index in [0.717, 1.165) is 12.8 Å². The highest BCUT2D eigenvalue weighted by atomic mass is 127. The second-order valence-electron chi connectivity index (χ2n) is 4.68. The third-order valence-electron chi connectivity index (χ3n) is 3.15. The maximum atomic E-state index is 12.7. The molecule has 1 aliphatic heterocycles. The number of nitrogens with zero attached hydrogens (tertiary/aromatic N) is 1. The Morgan fingerprint density at radius 3 is 2.57 bits per heavy atom. The Morgan fingerprint density at radius 1 is 1.17 bits per heavy atom. The van der Waals surface area contributed by atoms with Gasteiger partial charge in [-0.1, -0.05) is 42.2 Å². The highest BCUT2D eigenvalue weighted by Crippen LogP contribution is 2.38. The van der Waals surface area contributed by atoms with Crippen molar-refractivity contribution in [2.75, 3.05) is 4.90 Å². The van der Waals surface area contributed by atoms with Gasteiger partial charge in [-0.2, -0.15) is 0 Å². The van der Waals surface area contributed by atoms with Gasteiger partial charge in [-0.25, -0.2) is 0 Å². The monoisotopic (exact) mass is 565 g/mol. The molecule has 2 aromatic rings. The molecule has 0 radical (unpaired) electrons. The molecule has 2 aromatic carbocycles. The Labute approximate surface area is 170 Å². The number of hydrogen-bond donors (Lipinski definition) is 1. The fourth-order valence-corrected chi connectivity index (χ4v) is 5.28. The molecule has 1 saturated heterocycles. The molecule has 0 spiro atoms. The number of anilines is 1. The van der Waals surface area contributed by atoms with E-state index in [4.69, 9.17) is 12.2 Å². The number of amides is 1. The second-order valence-corrected chi connectivity index (χ2v) is 8.76. The first-order chi connectivity index (χ1) is 11.0. The molecule has 0 saturated carbocycles. The molecule has 3 rings (SSSR count). The number of carbonyl (C=O) groups excluding carboxylic acids is 1. The average molecular weight is 565 g/mol. The molecule has 1 amide bonds. The summed E-state index contributed by atoms with van der Waals surface area (Å²) in [6.07, 6.45) is 1.70. The van der Waals surface area contributed by atoms with Crippen molar-refractivity contribution in [1.29, 1.82) is 0 Å². The van der Waals surface area contributed by atoms with E-state index in [1.807, 2.05) is 42.5 Å². The molecule has 0 aliphatic carbocycles. The van der Waals surface area contributed by atoms with Crippen LogP contribution in [0.3, 0.4) is 0 Å². The third kappa shape index (κ3) is 3.57. The molecule has 0 unspecified atom stereocenters. The Balaban J connectivity index is 2.00. The molecular weight excluding hydrogens is 556 g/mol. The minimum atomic E-state index is -0.167. The number of phenolic OH excluding ortho intramolecular Hbond substituents is 1. The number of benzene rings is 2. The lowest BCUT2D eigenvalue weighted by Gasteiger charge is -2.13. The van der Waals surface area contributed by atoms with Gasteiger partial charge in [0.1, 0.15) is 5.75 Å². The smallest absolute Gasteiger partial charge is 0.270 e. The summed E-state index contributed by atoms with van der Waals surface area (Å²) in [5.41, 5.74) is 1.37. The molecule has 1 aliphatic rings. The summed E-state index contributed by atoms with van der Waals surface area (Å²) in [6, 6.07) is 13.0. The van der Waals surface area contributed by atoms with Gasteiger partial charge in [-0.05, 0) is 75.5 Å². The summed E-state index contributed by atoms with van der Waals surface area (Å²) in [6.45, 7) is 0. The zero-order valence-corrected chi connectivity index (χ0v) is 17.4. The number of para-hydroxylation sites is 1. The highest BCUT2D eigenvalue weighted by molar-refractivity contribution is 14.1. The van der Waals surface area contributed by atoms with E-state index < -0.39 is 0 Å². The molecule has 0 aromatic heterocycles. The number of halogens is 2. The SMILES string of the molecule is O=C1/C(=C\c2cc(I)cc(I)c2O)SC(=S)N1c1ccccc1. The summed E-state index contributed by atoms with van der Waals surface area (Å²) in [5, 5.41) is 10.2. The maximum absolute atomic E-state index is 12.7. The quantitative estimate of drug-likeness (QED) is 0.316. The van der Waals surface area contributed by atoms with Gasteiger partial charge < -0.3 is 5.11 Å². The van der Waals surface area contributed by atoms with Crippen LogP contribution in [0.15, 0.2) is 47.4 Å². The van der Waals surface area contributed by atoms with Crippen molar-refractivity contribution < 1.29 is 9.90 Å². The van der Waals surface area contributed by atoms with Gasteiger partial charge in [-0.15, -0.1) is 0 Å². The summed E-state index contributed by atoms with van der Waals surface area (Å²) in [4.78, 5) is 14.7. The number of carbonyl (C=O) groups is 1. The van der Waals surface area contributed by atoms with Crippen LogP contribution >= 0.6 is 69.2 Å². The third-order valence-corrected chi connectivity index (χ3v) is 5.90. The molecule has 0 atom stereocenters. The second kappa shape index (κ2) is 7.08. The lowest BCUT2D eigenvalue weighted by Crippen LogP contribution is -2.27. The van der Waals surface area contributed by atoms with Gasteiger partial charge in [0.05, 0.1) is 14.2 Å². The highest BCUT2D eigenvalue weighted by Gasteiger charge is 2.33. The van der Waals surface area contributed by atoms with Crippen LogP contribution in [0.4, 0.5) is 5.69 Å². The van der Waals surface area contributed by atoms with Crippen LogP contribution in [-0.2, 0) is 4.79 Å². The van der Waals surface area contributed by atoms with E-state index in [0.29, 0.717) is 14.8 Å². The predicted octanol–water partition coefficient (Wildman–Crippen LogP) is 5.01. The minimum absolute atomic E-state index is 0.167. The molecule has 116 valence electrons. The predicted molar refractivity (Wildman–Crippen MR) is 116 cm³/mol. The van der Waals surface area contributed by atoms with Crippen LogP contribution in [0.2, 0.25) is 0 Å². The van der Waals surface area contributed by atoms with Gasteiger partial charge in [0.15, 0.2) is 4.32 Å². The zero-order valence-electron chi connectivity index (χ0n) is 11.5. The maximum Gasteiger partial charge on any atom is 0.270 e. The molecule has 1 heterocycles. The number of rotatable bonds is 2. The number of hydrogen-bond acceptors (Lipinski definition) is 4. The zero-order chi connectivity index (χ0) is 16.6. The number of aromatic hydroxyl groups is 1. The lowest BCUT2D eigenvalue weighted by atomic mass is 10.2. The normalized spacial score (nSPS) is 16.4. The van der Waals surface area contributed by atoms with E-state index in [9.17, 15) is 9.90 Å². The number of thioether (sulfide) groups is 1. The van der Waals surface area contributed by atoms with Crippen molar-refractivity contribution >= 4 is 91.2 Å². The average Bonchev–Trinajstić information content (AvgIpc) is 2.79. The molecule has 23 heavy (non-hydrogen) atoms. The van der Waals surface area contributed by atoms with Gasteiger partial charge in [0.25, 0.3) is 5.91 Å². The van der Waals surface area contributed by atoms with Crippen LogP contribution in [0.5, 0.6) is 5.75 Å². The standard InChI is InChI=1S/C16H9I2NO2S2/c17-10-6-9(14(20)12(18)8-10)7-13-15(21)19(16(22)23-13)11-4-2-1-3-5-11/h1-8,20H/b13-7+. The first-order valence-corrected chi connectivity index (χ1v) is 9.86. The van der Waals surface area contributed by atoms with Crippen molar-refractivity contribution in [1.82, 2.24) is 0 Å². The van der Waals surface area contributed by atoms with E-state index >= 15 is 0 Å². The molecule has 0 bridgehead atoms. The Hall–Kier alpha value is -0.650. The van der Waals surface area contributed by atoms with Crippen molar-refractivity contribution in [2.24, 2.45) is 0 Å². The van der Waals surface area contributed by atoms with Crippen LogP contribution in [0.1, 0.15) is 5.56 Å². The molecule has 7 heteroatoms. The van der Waals surface area contributed by atoms with E-state index in [1.54, 1.807) is 6.08 Å². The van der Waals surface area contributed by atoms with E-state index in [2.05, 4.69) is 45.2 Å². The Bertz CT molecular complexity index is 837. The largest absolute Gasteiger partial charge is 0.506 e. The summed E-state index contributed by atoms with van der Waals surface area (Å²) < 4.78 is 2.24. The van der Waals surface area contributed by atoms with Crippen molar-refractivity contribution in [3.05, 3.63) is 60.1 Å². The van der Waals surface area contributed by atoms with E-state index in [-0.39, 0.29) is 11.7 Å². The van der Waals surface area contributed by atoms with Crippen LogP contribution < -0.4 is 4.90 Å². The molecule has 3 nitrogen and oxygen atoms in total. The summed E-state index contributed by atoms with van der Waals surface area (Å²) in [5.74, 6) is 0.00969. The van der Waals surface area contributed by atoms with Crippen molar-refractivity contribution in [3.8, 4) is 5.75 Å². The van der Waals surface area contributed by atoms with Crippen LogP contribution in [0.25, 0.3) is 6.08 Å². The summed E-state index contributed by atoms with van der Waals surface area (Å²) >= 11 is 10.8. The van der Waals surface area contributed by atoms with Crippen molar-refractivity contribution in [2.45, 2.75) is 0 Å². The van der Waals surface area contributed by atoms with Crippen molar-refractivity contribution in [3.63, 3.8) is 0 Å². The topological polar surface area (TPSA) is 40.5 Å². The van der Waals surface area contributed by atoms with E-state index in [1.165, 1.54) is 16.7 Å². The first kappa shape index (κ1) is 17.2. The first-order valence-electron chi connectivity index (χ1n) is 6.48. The molecular formula is C16H9I2NO2S2. The fraction of sp³-hybridized carbons (Fsp3) is 0. The summed E-state index contributed by atoms with van der Waals surface area (Å²) in [7, 11) is 0. The molecule has 1 fully saturated rings. The van der Waals surface area contributed by atoms with Gasteiger partial charge >= 0.3 is 0 Å². The van der Waals surface area contributed by atoms with Crippen LogP contribution in [0, 0.1) is 7.14 Å². The Morgan fingerprint density at radius 2 is 1.87 bits per heavy atom. The van der Waals surface area contributed by atoms with Gasteiger partial charge in [0.2, 0.25) is 0 Å². The Kier molecular flexibility index (Phi) is 5.29. The minimum Gasteiger partial charge on any atom is -0.506 e. The lowest BCUT2D eigenvalue weighted by molar-refractivity contribution is -0.113. The number of thiocarbonyl (C=S) groups is 1.